The molecule has 0 fully saturated rings. The highest BCUT2D eigenvalue weighted by molar-refractivity contribution is 7.90. The molecule has 4 rings (SSSR count). The van der Waals surface area contributed by atoms with Crippen molar-refractivity contribution >= 4 is 15.7 Å². The Kier molecular flexibility index (Phi) is 3.50. The van der Waals surface area contributed by atoms with Crippen LogP contribution in [0, 0.1) is 0 Å². The molecule has 0 saturated carbocycles. The molecule has 128 valence electrons. The second kappa shape index (κ2) is 5.59. The first-order valence-electron chi connectivity index (χ1n) is 7.66. The van der Waals surface area contributed by atoms with E-state index in [1.54, 1.807) is 48.1 Å². The Morgan fingerprint density at radius 1 is 1.28 bits per heavy atom. The van der Waals surface area contributed by atoms with Crippen LogP contribution in [0.5, 0.6) is 0 Å². The summed E-state index contributed by atoms with van der Waals surface area (Å²) in [5.74, 6) is -0.0598. The lowest BCUT2D eigenvalue weighted by Crippen LogP contribution is -2.25. The number of fused-ring (bicyclic) bond motifs is 3. The van der Waals surface area contributed by atoms with Crippen molar-refractivity contribution in [3.63, 3.8) is 0 Å². The molecule has 3 heterocycles. The van der Waals surface area contributed by atoms with Gasteiger partial charge >= 0.3 is 0 Å². The molecule has 0 spiro atoms. The number of furan rings is 1. The van der Waals surface area contributed by atoms with E-state index in [-0.39, 0.29) is 22.9 Å². The smallest absolute Gasteiger partial charge is 0.272 e. The van der Waals surface area contributed by atoms with Crippen LogP contribution in [0.25, 0.3) is 11.3 Å². The van der Waals surface area contributed by atoms with Crippen molar-refractivity contribution < 1.29 is 17.6 Å². The molecule has 2 aromatic heterocycles. The molecule has 3 aromatic rings. The number of rotatable bonds is 3. The maximum absolute atomic E-state index is 12.6. The fourth-order valence-corrected chi connectivity index (χ4v) is 4.68. The first-order valence-corrected chi connectivity index (χ1v) is 9.31. The number of nitrogens with zero attached hydrogens (tertiary/aromatic N) is 2. The Morgan fingerprint density at radius 2 is 2.08 bits per heavy atom. The normalized spacial score (nSPS) is 14.6. The lowest BCUT2D eigenvalue weighted by atomic mass is 10.1. The fourth-order valence-electron chi connectivity index (χ4n) is 3.09. The van der Waals surface area contributed by atoms with Crippen LogP contribution in [0.2, 0.25) is 0 Å². The molecule has 1 aliphatic heterocycles. The summed E-state index contributed by atoms with van der Waals surface area (Å²) in [6.45, 7) is 0.209. The number of hydrogen-bond acceptors (Lipinski definition) is 5. The van der Waals surface area contributed by atoms with Gasteiger partial charge in [0, 0.05) is 18.2 Å². The molecule has 0 atom stereocenters. The van der Waals surface area contributed by atoms with Crippen molar-refractivity contribution in [3.05, 3.63) is 59.7 Å². The highest BCUT2D eigenvalue weighted by Gasteiger charge is 2.34. The number of carbonyl (C=O) groups excluding carboxylic acids is 1. The molecular formula is C17H15N3O4S. The van der Waals surface area contributed by atoms with Crippen LogP contribution in [0.3, 0.4) is 0 Å². The van der Waals surface area contributed by atoms with Gasteiger partial charge in [0.2, 0.25) is 0 Å². The molecule has 0 radical (unpaired) electrons. The van der Waals surface area contributed by atoms with E-state index in [9.17, 15) is 13.2 Å². The lowest BCUT2D eigenvalue weighted by molar-refractivity contribution is 0.0941. The van der Waals surface area contributed by atoms with E-state index in [0.717, 1.165) is 0 Å². The first-order chi connectivity index (χ1) is 12.0. The molecule has 1 aliphatic rings. The van der Waals surface area contributed by atoms with Gasteiger partial charge in [0.05, 0.1) is 29.2 Å². The minimum Gasteiger partial charge on any atom is -0.467 e. The van der Waals surface area contributed by atoms with E-state index >= 15 is 0 Å². The second-order valence-electron chi connectivity index (χ2n) is 5.82. The van der Waals surface area contributed by atoms with Gasteiger partial charge in [-0.1, -0.05) is 18.2 Å². The topological polar surface area (TPSA) is 94.2 Å². The van der Waals surface area contributed by atoms with Crippen molar-refractivity contribution in [1.29, 1.82) is 0 Å². The molecule has 0 saturated heterocycles. The first kappa shape index (κ1) is 15.6. The zero-order valence-corrected chi connectivity index (χ0v) is 14.2. The highest BCUT2D eigenvalue weighted by atomic mass is 32.2. The molecule has 0 unspecified atom stereocenters. The van der Waals surface area contributed by atoms with Gasteiger partial charge in [0.15, 0.2) is 15.5 Å². The standard InChI is InChI=1S/C17H15N3O4S/c1-20-16-12-6-2-3-7-14(12)25(22,23)10-13(16)15(19-20)17(21)18-9-11-5-4-8-24-11/h2-8H,9-10H2,1H3,(H,18,21). The zero-order chi connectivity index (χ0) is 17.6. The average molecular weight is 357 g/mol. The summed E-state index contributed by atoms with van der Waals surface area (Å²) < 4.78 is 31.9. The Morgan fingerprint density at radius 3 is 2.84 bits per heavy atom. The summed E-state index contributed by atoms with van der Waals surface area (Å²) in [4.78, 5) is 12.8. The van der Waals surface area contributed by atoms with Gasteiger partial charge in [-0.25, -0.2) is 8.42 Å². The van der Waals surface area contributed by atoms with Crippen LogP contribution in [0.1, 0.15) is 21.8 Å². The van der Waals surface area contributed by atoms with Gasteiger partial charge in [0.25, 0.3) is 5.91 Å². The minimum absolute atomic E-state index is 0.127. The lowest BCUT2D eigenvalue weighted by Gasteiger charge is -2.17. The number of aromatic nitrogens is 2. The van der Waals surface area contributed by atoms with Gasteiger partial charge in [-0.3, -0.25) is 9.48 Å². The summed E-state index contributed by atoms with van der Waals surface area (Å²) >= 11 is 0. The largest absolute Gasteiger partial charge is 0.467 e. The van der Waals surface area contributed by atoms with Crippen LogP contribution < -0.4 is 5.32 Å². The van der Waals surface area contributed by atoms with E-state index in [2.05, 4.69) is 10.4 Å². The Balaban J connectivity index is 1.75. The Hall–Kier alpha value is -2.87. The number of carbonyl (C=O) groups is 1. The van der Waals surface area contributed by atoms with Gasteiger partial charge in [-0.15, -0.1) is 0 Å². The molecule has 1 aromatic carbocycles. The van der Waals surface area contributed by atoms with Crippen LogP contribution in [0.15, 0.2) is 52.0 Å². The van der Waals surface area contributed by atoms with Crippen molar-refractivity contribution in [2.45, 2.75) is 17.2 Å². The zero-order valence-electron chi connectivity index (χ0n) is 13.4. The van der Waals surface area contributed by atoms with Gasteiger partial charge in [0.1, 0.15) is 5.76 Å². The highest BCUT2D eigenvalue weighted by Crippen LogP contribution is 2.38. The summed E-state index contributed by atoms with van der Waals surface area (Å²) in [6.07, 6.45) is 1.52. The van der Waals surface area contributed by atoms with Crippen molar-refractivity contribution in [3.8, 4) is 11.3 Å². The third-order valence-electron chi connectivity index (χ3n) is 4.18. The van der Waals surface area contributed by atoms with E-state index in [0.29, 0.717) is 22.6 Å². The van der Waals surface area contributed by atoms with Crippen molar-refractivity contribution in [2.75, 3.05) is 0 Å². The summed E-state index contributed by atoms with van der Waals surface area (Å²) in [5.41, 5.74) is 1.79. The molecule has 0 bridgehead atoms. The summed E-state index contributed by atoms with van der Waals surface area (Å²) in [5, 5.41) is 6.98. The van der Waals surface area contributed by atoms with E-state index in [4.69, 9.17) is 4.42 Å². The average Bonchev–Trinajstić information content (AvgIpc) is 3.20. The molecule has 1 amide bonds. The number of nitrogens with one attached hydrogen (secondary N) is 1. The number of hydrogen-bond donors (Lipinski definition) is 1. The van der Waals surface area contributed by atoms with Crippen molar-refractivity contribution in [1.82, 2.24) is 15.1 Å². The van der Waals surface area contributed by atoms with Crippen LogP contribution in [-0.4, -0.2) is 24.1 Å². The van der Waals surface area contributed by atoms with E-state index in [1.807, 2.05) is 0 Å². The number of amides is 1. The predicted molar refractivity (Wildman–Crippen MR) is 89.4 cm³/mol. The maximum Gasteiger partial charge on any atom is 0.272 e. The molecule has 8 heteroatoms. The molecular weight excluding hydrogens is 342 g/mol. The van der Waals surface area contributed by atoms with Crippen LogP contribution in [-0.2, 0) is 29.2 Å². The summed E-state index contributed by atoms with van der Waals surface area (Å²) in [7, 11) is -1.80. The SMILES string of the molecule is Cn1nc(C(=O)NCc2ccco2)c2c1-c1ccccc1S(=O)(=O)C2. The number of aryl methyl sites for hydroxylation is 1. The quantitative estimate of drug-likeness (QED) is 0.772. The molecule has 0 aliphatic carbocycles. The van der Waals surface area contributed by atoms with Gasteiger partial charge < -0.3 is 9.73 Å². The molecule has 1 N–H and O–H groups in total. The molecule has 7 nitrogen and oxygen atoms in total. The number of sulfone groups is 1. The molecule has 25 heavy (non-hydrogen) atoms. The van der Waals surface area contributed by atoms with E-state index < -0.39 is 15.7 Å². The predicted octanol–water partition coefficient (Wildman–Crippen LogP) is 1.90. The monoisotopic (exact) mass is 357 g/mol. The summed E-state index contributed by atoms with van der Waals surface area (Å²) in [6, 6.07) is 10.2. The van der Waals surface area contributed by atoms with Crippen LogP contribution in [0.4, 0.5) is 0 Å². The number of benzene rings is 1. The Bertz CT molecular complexity index is 1070. The fraction of sp³-hybridized carbons (Fsp3) is 0.176. The third kappa shape index (κ3) is 2.54. The van der Waals surface area contributed by atoms with Crippen molar-refractivity contribution in [2.24, 2.45) is 7.05 Å². The third-order valence-corrected chi connectivity index (χ3v) is 5.87. The Labute approximate surface area is 144 Å². The van der Waals surface area contributed by atoms with E-state index in [1.165, 1.54) is 6.26 Å². The van der Waals surface area contributed by atoms with Crippen LogP contribution >= 0.6 is 0 Å². The maximum atomic E-state index is 12.6. The van der Waals surface area contributed by atoms with Gasteiger partial charge in [-0.05, 0) is 18.2 Å². The minimum atomic E-state index is -3.51. The second-order valence-corrected chi connectivity index (χ2v) is 7.77. The van der Waals surface area contributed by atoms with Gasteiger partial charge in [-0.2, -0.15) is 5.10 Å².